The Kier molecular flexibility index (Phi) is 6.56. The van der Waals surface area contributed by atoms with Gasteiger partial charge in [0.1, 0.15) is 12.4 Å². The Morgan fingerprint density at radius 3 is 2.68 bits per heavy atom. The first kappa shape index (κ1) is 22.5. The molecule has 7 heteroatoms. The Morgan fingerprint density at radius 2 is 1.91 bits per heavy atom. The van der Waals surface area contributed by atoms with Gasteiger partial charge in [0.2, 0.25) is 0 Å². The molecule has 0 saturated carbocycles. The van der Waals surface area contributed by atoms with Crippen molar-refractivity contribution in [2.24, 2.45) is 0 Å². The van der Waals surface area contributed by atoms with E-state index >= 15 is 0 Å². The van der Waals surface area contributed by atoms with E-state index in [9.17, 15) is 9.59 Å². The highest BCUT2D eigenvalue weighted by molar-refractivity contribution is 7.99. The molecule has 3 aromatic rings. The normalized spacial score (nSPS) is 17.0. The molecule has 0 N–H and O–H groups in total. The fourth-order valence-electron chi connectivity index (χ4n) is 4.15. The molecule has 2 aliphatic rings. The second-order valence-electron chi connectivity index (χ2n) is 8.25. The summed E-state index contributed by atoms with van der Waals surface area (Å²) in [4.78, 5) is 30.0. The summed E-state index contributed by atoms with van der Waals surface area (Å²) < 4.78 is 16.3. The predicted molar refractivity (Wildman–Crippen MR) is 130 cm³/mol. The van der Waals surface area contributed by atoms with Gasteiger partial charge in [-0.15, -0.1) is 0 Å². The molecule has 34 heavy (non-hydrogen) atoms. The van der Waals surface area contributed by atoms with E-state index in [1.54, 1.807) is 24.1 Å². The van der Waals surface area contributed by atoms with Crippen LogP contribution in [0.15, 0.2) is 76.5 Å². The number of methoxy groups -OCH3 is 1. The van der Waals surface area contributed by atoms with E-state index in [0.29, 0.717) is 30.0 Å². The zero-order valence-electron chi connectivity index (χ0n) is 18.9. The maximum atomic E-state index is 13.7. The molecular weight excluding hydrogens is 450 g/mol. The van der Waals surface area contributed by atoms with Crippen molar-refractivity contribution in [3.63, 3.8) is 0 Å². The van der Waals surface area contributed by atoms with Crippen LogP contribution in [-0.2, 0) is 16.0 Å². The lowest BCUT2D eigenvalue weighted by molar-refractivity contribution is 0.0161. The van der Waals surface area contributed by atoms with Gasteiger partial charge in [-0.3, -0.25) is 4.79 Å². The van der Waals surface area contributed by atoms with E-state index in [-0.39, 0.29) is 18.6 Å². The minimum atomic E-state index is -0.415. The van der Waals surface area contributed by atoms with Crippen LogP contribution in [0.3, 0.4) is 0 Å². The van der Waals surface area contributed by atoms with Crippen molar-refractivity contribution in [3.8, 4) is 5.75 Å². The van der Waals surface area contributed by atoms with Crippen LogP contribution < -0.4 is 9.64 Å². The maximum Gasteiger partial charge on any atom is 0.338 e. The van der Waals surface area contributed by atoms with Crippen molar-refractivity contribution in [3.05, 3.63) is 83.4 Å². The smallest absolute Gasteiger partial charge is 0.338 e. The number of fused-ring (bicyclic) bond motifs is 2. The van der Waals surface area contributed by atoms with Gasteiger partial charge in [0.15, 0.2) is 0 Å². The molecular formula is C27H25NO5S. The van der Waals surface area contributed by atoms with E-state index in [2.05, 4.69) is 0 Å². The molecule has 6 nitrogen and oxygen atoms in total. The summed E-state index contributed by atoms with van der Waals surface area (Å²) in [6, 6.07) is 20.6. The Labute approximate surface area is 202 Å². The number of esters is 1. The maximum absolute atomic E-state index is 13.7. The lowest BCUT2D eigenvalue weighted by Gasteiger charge is -2.24. The minimum absolute atomic E-state index is 0.0389. The van der Waals surface area contributed by atoms with Gasteiger partial charge < -0.3 is 19.1 Å². The number of amides is 1. The average molecular weight is 476 g/mol. The SMILES string of the molecule is COc1ccc(CN2C(=O)c3ccccc3Sc3ccc(C(=O)OC[C@H]4CCCO4)cc32)cc1. The first-order valence-electron chi connectivity index (χ1n) is 11.3. The van der Waals surface area contributed by atoms with Gasteiger partial charge in [-0.05, 0) is 60.9 Å². The van der Waals surface area contributed by atoms with E-state index in [4.69, 9.17) is 14.2 Å². The lowest BCUT2D eigenvalue weighted by atomic mass is 10.1. The quantitative estimate of drug-likeness (QED) is 0.448. The van der Waals surface area contributed by atoms with Crippen molar-refractivity contribution >= 4 is 29.3 Å². The van der Waals surface area contributed by atoms with E-state index in [0.717, 1.165) is 33.9 Å². The van der Waals surface area contributed by atoms with Crippen molar-refractivity contribution < 1.29 is 23.8 Å². The van der Waals surface area contributed by atoms with Crippen LogP contribution in [0.4, 0.5) is 5.69 Å². The van der Waals surface area contributed by atoms with Gasteiger partial charge in [-0.2, -0.15) is 0 Å². The third-order valence-electron chi connectivity index (χ3n) is 5.99. The van der Waals surface area contributed by atoms with Crippen molar-refractivity contribution in [2.45, 2.75) is 35.3 Å². The Bertz CT molecular complexity index is 1200. The van der Waals surface area contributed by atoms with Gasteiger partial charge >= 0.3 is 5.97 Å². The Morgan fingerprint density at radius 1 is 1.09 bits per heavy atom. The Hall–Kier alpha value is -3.29. The largest absolute Gasteiger partial charge is 0.497 e. The number of anilines is 1. The second-order valence-corrected chi connectivity index (χ2v) is 9.34. The highest BCUT2D eigenvalue weighted by Crippen LogP contribution is 2.42. The van der Waals surface area contributed by atoms with Crippen LogP contribution in [0.2, 0.25) is 0 Å². The number of benzene rings is 3. The molecule has 1 amide bonds. The number of hydrogen-bond donors (Lipinski definition) is 0. The molecule has 174 valence electrons. The fraction of sp³-hybridized carbons (Fsp3) is 0.259. The molecule has 3 aromatic carbocycles. The summed E-state index contributed by atoms with van der Waals surface area (Å²) in [6.07, 6.45) is 1.85. The molecule has 2 aliphatic heterocycles. The van der Waals surface area contributed by atoms with Gasteiger partial charge in [0.05, 0.1) is 36.6 Å². The molecule has 0 spiro atoms. The average Bonchev–Trinajstić information content (AvgIpc) is 3.37. The third kappa shape index (κ3) is 4.67. The Balaban J connectivity index is 1.48. The zero-order valence-corrected chi connectivity index (χ0v) is 19.7. The van der Waals surface area contributed by atoms with Gasteiger partial charge in [0, 0.05) is 16.4 Å². The number of nitrogens with zero attached hydrogens (tertiary/aromatic N) is 1. The van der Waals surface area contributed by atoms with E-state index in [1.165, 1.54) is 11.8 Å². The molecule has 0 aromatic heterocycles. The van der Waals surface area contributed by atoms with Crippen molar-refractivity contribution in [1.82, 2.24) is 0 Å². The topological polar surface area (TPSA) is 65.1 Å². The second kappa shape index (κ2) is 9.91. The molecule has 0 bridgehead atoms. The van der Waals surface area contributed by atoms with Crippen LogP contribution in [0.1, 0.15) is 39.1 Å². The molecule has 1 saturated heterocycles. The fourth-order valence-corrected chi connectivity index (χ4v) is 5.20. The summed E-state index contributed by atoms with van der Waals surface area (Å²) in [5.41, 5.74) is 2.69. The number of rotatable bonds is 6. The van der Waals surface area contributed by atoms with Gasteiger partial charge in [-0.25, -0.2) is 4.79 Å². The number of ether oxygens (including phenoxy) is 3. The molecule has 1 fully saturated rings. The van der Waals surface area contributed by atoms with Crippen LogP contribution in [0.5, 0.6) is 5.75 Å². The van der Waals surface area contributed by atoms with Crippen LogP contribution in [0.25, 0.3) is 0 Å². The molecule has 5 rings (SSSR count). The van der Waals surface area contributed by atoms with E-state index < -0.39 is 5.97 Å². The van der Waals surface area contributed by atoms with Gasteiger partial charge in [-0.1, -0.05) is 36.0 Å². The van der Waals surface area contributed by atoms with Crippen LogP contribution in [0, 0.1) is 0 Å². The first-order chi connectivity index (χ1) is 16.6. The zero-order chi connectivity index (χ0) is 23.5. The molecule has 1 atom stereocenters. The summed E-state index contributed by atoms with van der Waals surface area (Å²) >= 11 is 1.53. The summed E-state index contributed by atoms with van der Waals surface area (Å²) in [6.45, 7) is 1.31. The summed E-state index contributed by atoms with van der Waals surface area (Å²) in [5.74, 6) is 0.230. The van der Waals surface area contributed by atoms with Crippen LogP contribution >= 0.6 is 11.8 Å². The highest BCUT2D eigenvalue weighted by Gasteiger charge is 2.28. The predicted octanol–water partition coefficient (Wildman–Crippen LogP) is 5.34. The van der Waals surface area contributed by atoms with E-state index in [1.807, 2.05) is 54.6 Å². The number of hydrogen-bond acceptors (Lipinski definition) is 6. The van der Waals surface area contributed by atoms with Gasteiger partial charge in [0.25, 0.3) is 5.91 Å². The molecule has 0 aliphatic carbocycles. The third-order valence-corrected chi connectivity index (χ3v) is 7.13. The monoisotopic (exact) mass is 475 g/mol. The summed E-state index contributed by atoms with van der Waals surface area (Å²) in [7, 11) is 1.62. The summed E-state index contributed by atoms with van der Waals surface area (Å²) in [5, 5.41) is 0. The number of carbonyl (C=O) groups excluding carboxylic acids is 2. The van der Waals surface area contributed by atoms with Crippen LogP contribution in [-0.4, -0.2) is 38.3 Å². The standard InChI is InChI=1S/C27H25NO5S/c1-31-20-11-8-18(9-12-20)16-28-23-15-19(27(30)33-17-21-5-4-14-32-21)10-13-25(23)34-24-7-3-2-6-22(24)26(28)29/h2-3,6-13,15,21H,4-5,14,16-17H2,1H3/t21-/m1/s1. The van der Waals surface area contributed by atoms with Crippen molar-refractivity contribution in [1.29, 1.82) is 0 Å². The number of carbonyl (C=O) groups is 2. The van der Waals surface area contributed by atoms with Crippen molar-refractivity contribution in [2.75, 3.05) is 25.2 Å². The first-order valence-corrected chi connectivity index (χ1v) is 12.1. The molecule has 0 unspecified atom stereocenters. The minimum Gasteiger partial charge on any atom is -0.497 e. The molecule has 2 heterocycles. The molecule has 0 radical (unpaired) electrons. The lowest BCUT2D eigenvalue weighted by Crippen LogP contribution is -2.30. The highest BCUT2D eigenvalue weighted by atomic mass is 32.2.